The van der Waals surface area contributed by atoms with Crippen LogP contribution in [0.5, 0.6) is 11.5 Å². The maximum absolute atomic E-state index is 13.3. The van der Waals surface area contributed by atoms with Crippen LogP contribution >= 0.6 is 0 Å². The molecule has 0 aromatic heterocycles. The van der Waals surface area contributed by atoms with Gasteiger partial charge in [0.15, 0.2) is 11.5 Å². The molecular weight excluding hydrogens is 392 g/mol. The maximum atomic E-state index is 13.3. The number of likely N-dealkylation sites (tertiary alicyclic amines) is 2. The fourth-order valence-corrected chi connectivity index (χ4v) is 4.75. The summed E-state index contributed by atoms with van der Waals surface area (Å²) < 4.78 is 11.6. The number of nitrogens with zero attached hydrogens (tertiary/aromatic N) is 2. The first-order valence-corrected chi connectivity index (χ1v) is 11.3. The number of carbonyl (C=O) groups is 2. The Morgan fingerprint density at radius 3 is 2.52 bits per heavy atom. The maximum Gasteiger partial charge on any atom is 0.254 e. The van der Waals surface area contributed by atoms with Crippen LogP contribution < -0.4 is 9.47 Å². The van der Waals surface area contributed by atoms with E-state index in [0.717, 1.165) is 61.4 Å². The van der Waals surface area contributed by atoms with E-state index < -0.39 is 0 Å². The normalized spacial score (nSPS) is 20.8. The number of hydrogen-bond donors (Lipinski definition) is 0. The Bertz CT molecular complexity index is 972. The number of carbonyl (C=O) groups excluding carboxylic acids is 2. The van der Waals surface area contributed by atoms with Gasteiger partial charge in [-0.3, -0.25) is 9.59 Å². The van der Waals surface area contributed by atoms with Gasteiger partial charge in [0.1, 0.15) is 0 Å². The molecule has 0 bridgehead atoms. The van der Waals surface area contributed by atoms with Crippen molar-refractivity contribution in [1.82, 2.24) is 9.80 Å². The summed E-state index contributed by atoms with van der Waals surface area (Å²) in [5.74, 6) is 1.83. The fourth-order valence-electron chi connectivity index (χ4n) is 4.75. The van der Waals surface area contributed by atoms with Crippen LogP contribution in [0.1, 0.15) is 59.6 Å². The Morgan fingerprint density at radius 1 is 0.935 bits per heavy atom. The lowest BCUT2D eigenvalue weighted by Gasteiger charge is -2.26. The number of fused-ring (bicyclic) bond motifs is 1. The molecule has 2 aromatic rings. The van der Waals surface area contributed by atoms with Crippen molar-refractivity contribution in [3.05, 3.63) is 59.2 Å². The van der Waals surface area contributed by atoms with E-state index in [2.05, 4.69) is 6.07 Å². The lowest BCUT2D eigenvalue weighted by Crippen LogP contribution is -2.30. The molecule has 2 fully saturated rings. The third kappa shape index (κ3) is 4.11. The van der Waals surface area contributed by atoms with Gasteiger partial charge in [-0.2, -0.15) is 0 Å². The molecule has 6 nitrogen and oxygen atoms in total. The number of hydrogen-bond acceptors (Lipinski definition) is 4. The number of amides is 2. The number of ether oxygens (including phenoxy) is 2. The van der Waals surface area contributed by atoms with E-state index in [1.807, 2.05) is 46.2 Å². The van der Waals surface area contributed by atoms with Crippen molar-refractivity contribution in [1.29, 1.82) is 0 Å². The summed E-state index contributed by atoms with van der Waals surface area (Å²) in [6, 6.07) is 13.8. The molecule has 3 heterocycles. The van der Waals surface area contributed by atoms with Crippen LogP contribution in [0.15, 0.2) is 42.5 Å². The second kappa shape index (κ2) is 8.61. The molecule has 0 aliphatic carbocycles. The summed E-state index contributed by atoms with van der Waals surface area (Å²) in [6.07, 6.45) is 4.39. The first-order chi connectivity index (χ1) is 15.2. The second-order valence-electron chi connectivity index (χ2n) is 8.53. The lowest BCUT2D eigenvalue weighted by atomic mass is 10.0. The van der Waals surface area contributed by atoms with E-state index >= 15 is 0 Å². The van der Waals surface area contributed by atoms with E-state index in [1.54, 1.807) is 0 Å². The van der Waals surface area contributed by atoms with Gasteiger partial charge < -0.3 is 19.3 Å². The van der Waals surface area contributed by atoms with Gasteiger partial charge in [0.2, 0.25) is 5.91 Å². The predicted octanol–water partition coefficient (Wildman–Crippen LogP) is 3.95. The predicted molar refractivity (Wildman–Crippen MR) is 116 cm³/mol. The highest BCUT2D eigenvalue weighted by Gasteiger charge is 2.31. The minimum absolute atomic E-state index is 0.0477. The van der Waals surface area contributed by atoms with Crippen LogP contribution in [0.4, 0.5) is 0 Å². The molecule has 2 amide bonds. The van der Waals surface area contributed by atoms with Gasteiger partial charge in [-0.05, 0) is 54.7 Å². The number of rotatable bonds is 4. The van der Waals surface area contributed by atoms with Crippen molar-refractivity contribution in [2.24, 2.45) is 0 Å². The van der Waals surface area contributed by atoms with Crippen LogP contribution in [-0.4, -0.2) is 47.9 Å². The Labute approximate surface area is 182 Å². The molecule has 2 saturated heterocycles. The molecule has 3 aliphatic rings. The van der Waals surface area contributed by atoms with E-state index in [0.29, 0.717) is 31.7 Å². The third-order valence-electron chi connectivity index (χ3n) is 6.42. The van der Waals surface area contributed by atoms with Gasteiger partial charge in [0, 0.05) is 38.0 Å². The molecule has 3 aliphatic heterocycles. The molecule has 0 N–H and O–H groups in total. The zero-order valence-electron chi connectivity index (χ0n) is 17.7. The topological polar surface area (TPSA) is 59.1 Å². The highest BCUT2D eigenvalue weighted by molar-refractivity contribution is 5.94. The van der Waals surface area contributed by atoms with E-state index in [-0.39, 0.29) is 17.9 Å². The Hall–Kier alpha value is -3.02. The van der Waals surface area contributed by atoms with Crippen molar-refractivity contribution in [2.45, 2.75) is 44.7 Å². The monoisotopic (exact) mass is 420 g/mol. The average molecular weight is 421 g/mol. The number of benzene rings is 2. The Balaban J connectivity index is 1.30. The molecule has 162 valence electrons. The van der Waals surface area contributed by atoms with Crippen LogP contribution in [0.25, 0.3) is 0 Å². The van der Waals surface area contributed by atoms with E-state index in [1.165, 1.54) is 0 Å². The van der Waals surface area contributed by atoms with Crippen LogP contribution in [-0.2, 0) is 11.3 Å². The summed E-state index contributed by atoms with van der Waals surface area (Å²) in [7, 11) is 0. The largest absolute Gasteiger partial charge is 0.490 e. The van der Waals surface area contributed by atoms with Crippen molar-refractivity contribution in [3.8, 4) is 11.5 Å². The first-order valence-electron chi connectivity index (χ1n) is 11.3. The molecular formula is C25H28N2O4. The van der Waals surface area contributed by atoms with Crippen LogP contribution in [0, 0.1) is 0 Å². The van der Waals surface area contributed by atoms with Gasteiger partial charge >= 0.3 is 0 Å². The Morgan fingerprint density at radius 2 is 1.74 bits per heavy atom. The average Bonchev–Trinajstić information content (AvgIpc) is 3.37. The van der Waals surface area contributed by atoms with Gasteiger partial charge in [-0.1, -0.05) is 18.2 Å². The lowest BCUT2D eigenvalue weighted by molar-refractivity contribution is -0.128. The zero-order valence-corrected chi connectivity index (χ0v) is 17.7. The minimum atomic E-state index is 0.0477. The van der Waals surface area contributed by atoms with Gasteiger partial charge in [0.05, 0.1) is 19.3 Å². The smallest absolute Gasteiger partial charge is 0.254 e. The van der Waals surface area contributed by atoms with Crippen molar-refractivity contribution in [2.75, 3.05) is 26.3 Å². The van der Waals surface area contributed by atoms with E-state index in [9.17, 15) is 9.59 Å². The minimum Gasteiger partial charge on any atom is -0.490 e. The van der Waals surface area contributed by atoms with Crippen molar-refractivity contribution < 1.29 is 19.1 Å². The summed E-state index contributed by atoms with van der Waals surface area (Å²) in [5.41, 5.74) is 2.85. The second-order valence-corrected chi connectivity index (χ2v) is 8.53. The van der Waals surface area contributed by atoms with Gasteiger partial charge in [0.25, 0.3) is 5.91 Å². The summed E-state index contributed by atoms with van der Waals surface area (Å²) >= 11 is 0. The van der Waals surface area contributed by atoms with Crippen molar-refractivity contribution >= 4 is 11.8 Å². The summed E-state index contributed by atoms with van der Waals surface area (Å²) in [6.45, 7) is 3.52. The van der Waals surface area contributed by atoms with Crippen molar-refractivity contribution in [3.63, 3.8) is 0 Å². The molecule has 0 saturated carbocycles. The van der Waals surface area contributed by atoms with Crippen LogP contribution in [0.2, 0.25) is 0 Å². The molecule has 2 aromatic carbocycles. The molecule has 5 rings (SSSR count). The molecule has 31 heavy (non-hydrogen) atoms. The molecule has 0 spiro atoms. The zero-order chi connectivity index (χ0) is 21.2. The highest BCUT2D eigenvalue weighted by Crippen LogP contribution is 2.38. The van der Waals surface area contributed by atoms with Gasteiger partial charge in [-0.15, -0.1) is 0 Å². The van der Waals surface area contributed by atoms with E-state index in [4.69, 9.17) is 9.47 Å². The Kier molecular flexibility index (Phi) is 5.53. The SMILES string of the molecule is O=C1CCCN1Cc1ccc(C(=O)N2CCC[C@H]2c2ccc3c(c2)OCCCO3)cc1. The first kappa shape index (κ1) is 19.9. The molecule has 1 atom stereocenters. The summed E-state index contributed by atoms with van der Waals surface area (Å²) in [5, 5.41) is 0. The standard InChI is InChI=1S/C25H28N2O4/c28-24-5-2-12-26(24)17-18-6-8-19(9-7-18)25(29)27-13-1-4-21(27)20-10-11-22-23(16-20)31-15-3-14-30-22/h6-11,16,21H,1-5,12-15,17H2/t21-/m0/s1. The molecule has 0 unspecified atom stereocenters. The highest BCUT2D eigenvalue weighted by atomic mass is 16.5. The summed E-state index contributed by atoms with van der Waals surface area (Å²) in [4.78, 5) is 29.0. The quantitative estimate of drug-likeness (QED) is 0.752. The molecule has 0 radical (unpaired) electrons. The van der Waals surface area contributed by atoms with Crippen LogP contribution in [0.3, 0.4) is 0 Å². The fraction of sp³-hybridized carbons (Fsp3) is 0.440. The van der Waals surface area contributed by atoms with Gasteiger partial charge in [-0.25, -0.2) is 0 Å². The third-order valence-corrected chi connectivity index (χ3v) is 6.42. The molecule has 6 heteroatoms.